The lowest BCUT2D eigenvalue weighted by Crippen LogP contribution is -2.30. The zero-order valence-corrected chi connectivity index (χ0v) is 13.6. The zero-order chi connectivity index (χ0) is 14.4. The van der Waals surface area contributed by atoms with Gasteiger partial charge in [0.25, 0.3) is 0 Å². The molecule has 2 rings (SSSR count). The highest BCUT2D eigenvalue weighted by atomic mass is 35.5. The molecule has 0 aromatic heterocycles. The molecular weight excluding hydrogens is 309 g/mol. The predicted octanol–water partition coefficient (Wildman–Crippen LogP) is 4.92. The maximum absolute atomic E-state index is 6.02. The van der Waals surface area contributed by atoms with Crippen LogP contribution >= 0.6 is 35.0 Å². The van der Waals surface area contributed by atoms with Gasteiger partial charge in [0.15, 0.2) is 0 Å². The van der Waals surface area contributed by atoms with Crippen molar-refractivity contribution in [3.8, 4) is 0 Å². The lowest BCUT2D eigenvalue weighted by Gasteiger charge is -2.16. The number of nitrogens with one attached hydrogen (secondary N) is 1. The average Bonchev–Trinajstić information content (AvgIpc) is 2.45. The molecule has 0 fully saturated rings. The summed E-state index contributed by atoms with van der Waals surface area (Å²) in [5.41, 5.74) is 1.26. The number of benzene rings is 2. The van der Waals surface area contributed by atoms with E-state index in [9.17, 15) is 0 Å². The van der Waals surface area contributed by atoms with Gasteiger partial charge >= 0.3 is 0 Å². The second-order valence-corrected chi connectivity index (χ2v) is 6.55. The third kappa shape index (κ3) is 5.02. The van der Waals surface area contributed by atoms with Crippen LogP contribution in [0.4, 0.5) is 0 Å². The number of rotatable bonds is 6. The highest BCUT2D eigenvalue weighted by Crippen LogP contribution is 2.22. The van der Waals surface area contributed by atoms with Crippen LogP contribution in [0.1, 0.15) is 5.56 Å². The summed E-state index contributed by atoms with van der Waals surface area (Å²) in [6.45, 7) is 0. The number of hydrogen-bond acceptors (Lipinski definition) is 2. The lowest BCUT2D eigenvalue weighted by molar-refractivity contribution is 0.617. The molecule has 0 aliphatic rings. The van der Waals surface area contributed by atoms with E-state index >= 15 is 0 Å². The molecule has 4 heteroatoms. The molecule has 0 amide bonds. The molecular formula is C16H17Cl2NS. The van der Waals surface area contributed by atoms with Crippen LogP contribution in [0, 0.1) is 0 Å². The van der Waals surface area contributed by atoms with Crippen molar-refractivity contribution in [2.24, 2.45) is 0 Å². The first-order valence-electron chi connectivity index (χ1n) is 6.47. The molecule has 0 radical (unpaired) electrons. The fourth-order valence-corrected chi connectivity index (χ4v) is 3.27. The van der Waals surface area contributed by atoms with E-state index in [2.05, 4.69) is 23.5 Å². The van der Waals surface area contributed by atoms with E-state index in [4.69, 9.17) is 23.2 Å². The molecule has 20 heavy (non-hydrogen) atoms. The van der Waals surface area contributed by atoms with Crippen molar-refractivity contribution < 1.29 is 0 Å². The Bertz CT molecular complexity index is 542. The van der Waals surface area contributed by atoms with E-state index in [0.717, 1.165) is 22.2 Å². The molecule has 0 spiro atoms. The quantitative estimate of drug-likeness (QED) is 0.757. The van der Waals surface area contributed by atoms with Gasteiger partial charge in [-0.3, -0.25) is 0 Å². The fourth-order valence-electron chi connectivity index (χ4n) is 1.92. The Hall–Kier alpha value is -0.670. The molecule has 1 N–H and O–H groups in total. The molecule has 0 heterocycles. The summed E-state index contributed by atoms with van der Waals surface area (Å²) in [6, 6.07) is 16.4. The summed E-state index contributed by atoms with van der Waals surface area (Å²) in [5, 5.41) is 4.93. The molecule has 1 atom stereocenters. The van der Waals surface area contributed by atoms with Crippen molar-refractivity contribution >= 4 is 35.0 Å². The molecule has 2 aromatic rings. The Balaban J connectivity index is 1.90. The zero-order valence-electron chi connectivity index (χ0n) is 11.3. The minimum atomic E-state index is 0.411. The highest BCUT2D eigenvalue weighted by molar-refractivity contribution is 7.99. The van der Waals surface area contributed by atoms with Crippen LogP contribution in [0.25, 0.3) is 0 Å². The third-order valence-electron chi connectivity index (χ3n) is 3.04. The van der Waals surface area contributed by atoms with Gasteiger partial charge in [-0.05, 0) is 55.4 Å². The number of thioether (sulfide) groups is 1. The largest absolute Gasteiger partial charge is 0.316 e. The third-order valence-corrected chi connectivity index (χ3v) is 4.71. The smallest absolute Gasteiger partial charge is 0.0408 e. The fraction of sp³-hybridized carbons (Fsp3) is 0.250. The SMILES string of the molecule is CNC(CSc1ccc(Cl)cc1)Cc1cccc(Cl)c1. The standard InChI is InChI=1S/C16H17Cl2NS/c1-19-15(10-12-3-2-4-14(18)9-12)11-20-16-7-5-13(17)6-8-16/h2-9,15,19H,10-11H2,1H3. The summed E-state index contributed by atoms with van der Waals surface area (Å²) in [6.07, 6.45) is 0.970. The monoisotopic (exact) mass is 325 g/mol. The topological polar surface area (TPSA) is 12.0 Å². The van der Waals surface area contributed by atoms with Crippen LogP contribution in [0.5, 0.6) is 0 Å². The Labute approximate surface area is 134 Å². The van der Waals surface area contributed by atoms with Crippen LogP contribution in [-0.4, -0.2) is 18.8 Å². The summed E-state index contributed by atoms with van der Waals surface area (Å²) in [5.74, 6) is 1.00. The van der Waals surface area contributed by atoms with E-state index in [1.165, 1.54) is 10.5 Å². The van der Waals surface area contributed by atoms with Crippen molar-refractivity contribution in [3.05, 3.63) is 64.1 Å². The van der Waals surface area contributed by atoms with Gasteiger partial charge in [0.05, 0.1) is 0 Å². The van der Waals surface area contributed by atoms with E-state index in [1.807, 2.05) is 49.1 Å². The summed E-state index contributed by atoms with van der Waals surface area (Å²) >= 11 is 13.7. The van der Waals surface area contributed by atoms with E-state index in [0.29, 0.717) is 6.04 Å². The van der Waals surface area contributed by atoms with Gasteiger partial charge in [-0.1, -0.05) is 35.3 Å². The summed E-state index contributed by atoms with van der Waals surface area (Å²) in [7, 11) is 2.00. The molecule has 2 aromatic carbocycles. The number of hydrogen-bond donors (Lipinski definition) is 1. The molecule has 0 saturated carbocycles. The average molecular weight is 326 g/mol. The first-order chi connectivity index (χ1) is 9.67. The first kappa shape index (κ1) is 15.7. The van der Waals surface area contributed by atoms with E-state index in [-0.39, 0.29) is 0 Å². The maximum atomic E-state index is 6.02. The Morgan fingerprint density at radius 2 is 1.80 bits per heavy atom. The van der Waals surface area contributed by atoms with Crippen LogP contribution < -0.4 is 5.32 Å². The minimum absolute atomic E-state index is 0.411. The van der Waals surface area contributed by atoms with Crippen molar-refractivity contribution in [2.75, 3.05) is 12.8 Å². The Morgan fingerprint density at radius 1 is 1.05 bits per heavy atom. The second kappa shape index (κ2) is 7.94. The maximum Gasteiger partial charge on any atom is 0.0408 e. The van der Waals surface area contributed by atoms with Crippen LogP contribution in [-0.2, 0) is 6.42 Å². The van der Waals surface area contributed by atoms with Gasteiger partial charge < -0.3 is 5.32 Å². The van der Waals surface area contributed by atoms with Crippen molar-refractivity contribution in [1.29, 1.82) is 0 Å². The first-order valence-corrected chi connectivity index (χ1v) is 8.21. The van der Waals surface area contributed by atoms with Gasteiger partial charge in [0.1, 0.15) is 0 Å². The molecule has 0 aliphatic carbocycles. The molecule has 1 nitrogen and oxygen atoms in total. The summed E-state index contributed by atoms with van der Waals surface area (Å²) in [4.78, 5) is 1.24. The molecule has 0 saturated heterocycles. The van der Waals surface area contributed by atoms with Gasteiger partial charge in [0.2, 0.25) is 0 Å². The Morgan fingerprint density at radius 3 is 2.45 bits per heavy atom. The highest BCUT2D eigenvalue weighted by Gasteiger charge is 2.08. The number of halogens is 2. The molecule has 0 aliphatic heterocycles. The number of likely N-dealkylation sites (N-methyl/N-ethyl adjacent to an activating group) is 1. The summed E-state index contributed by atoms with van der Waals surface area (Å²) < 4.78 is 0. The van der Waals surface area contributed by atoms with Crippen LogP contribution in [0.3, 0.4) is 0 Å². The van der Waals surface area contributed by atoms with E-state index in [1.54, 1.807) is 0 Å². The molecule has 106 valence electrons. The molecule has 0 bridgehead atoms. The van der Waals surface area contributed by atoms with Gasteiger partial charge in [0, 0.05) is 26.7 Å². The molecule has 1 unspecified atom stereocenters. The van der Waals surface area contributed by atoms with E-state index < -0.39 is 0 Å². The van der Waals surface area contributed by atoms with Crippen LogP contribution in [0.2, 0.25) is 10.0 Å². The normalized spacial score (nSPS) is 12.3. The van der Waals surface area contributed by atoms with Crippen molar-refractivity contribution in [1.82, 2.24) is 5.32 Å². The lowest BCUT2D eigenvalue weighted by atomic mass is 10.1. The minimum Gasteiger partial charge on any atom is -0.316 e. The van der Waals surface area contributed by atoms with Crippen molar-refractivity contribution in [3.63, 3.8) is 0 Å². The van der Waals surface area contributed by atoms with Gasteiger partial charge in [-0.15, -0.1) is 11.8 Å². The van der Waals surface area contributed by atoms with Gasteiger partial charge in [-0.25, -0.2) is 0 Å². The Kier molecular flexibility index (Phi) is 6.24. The van der Waals surface area contributed by atoms with Crippen LogP contribution in [0.15, 0.2) is 53.4 Å². The van der Waals surface area contributed by atoms with Gasteiger partial charge in [-0.2, -0.15) is 0 Å². The predicted molar refractivity (Wildman–Crippen MR) is 90.2 cm³/mol. The second-order valence-electron chi connectivity index (χ2n) is 4.58. The van der Waals surface area contributed by atoms with Crippen molar-refractivity contribution in [2.45, 2.75) is 17.4 Å².